The number of hydrogen-bond acceptors (Lipinski definition) is 1. The first kappa shape index (κ1) is 12.9. The van der Waals surface area contributed by atoms with E-state index in [1.54, 1.807) is 0 Å². The van der Waals surface area contributed by atoms with Crippen LogP contribution in [0.2, 0.25) is 5.02 Å². The molecule has 1 aromatic carbocycles. The van der Waals surface area contributed by atoms with Crippen molar-refractivity contribution in [2.75, 3.05) is 0 Å². The minimum atomic E-state index is 0.663. The molecule has 0 saturated carbocycles. The Hall–Kier alpha value is -0.530. The van der Waals surface area contributed by atoms with Crippen LogP contribution in [0.3, 0.4) is 0 Å². The molecule has 1 saturated heterocycles. The van der Waals surface area contributed by atoms with Gasteiger partial charge in [0.15, 0.2) is 0 Å². The van der Waals surface area contributed by atoms with E-state index in [9.17, 15) is 0 Å². The van der Waals surface area contributed by atoms with Crippen LogP contribution in [-0.2, 0) is 6.42 Å². The van der Waals surface area contributed by atoms with Crippen LogP contribution < -0.4 is 5.32 Å². The van der Waals surface area contributed by atoms with Gasteiger partial charge in [0.1, 0.15) is 0 Å². The number of hydrogen-bond donors (Lipinski definition) is 1. The first-order chi connectivity index (χ1) is 8.31. The molecular weight excluding hydrogens is 230 g/mol. The summed E-state index contributed by atoms with van der Waals surface area (Å²) in [5.41, 5.74) is 1.28. The van der Waals surface area contributed by atoms with Crippen molar-refractivity contribution in [3.05, 3.63) is 34.9 Å². The number of nitrogens with one attached hydrogen (secondary N) is 1. The predicted molar refractivity (Wildman–Crippen MR) is 74.6 cm³/mol. The smallest absolute Gasteiger partial charge is 0.0438 e. The van der Waals surface area contributed by atoms with E-state index in [1.807, 2.05) is 12.1 Å². The minimum Gasteiger partial charge on any atom is -0.308 e. The van der Waals surface area contributed by atoms with Gasteiger partial charge in [0.25, 0.3) is 0 Å². The third-order valence-electron chi connectivity index (χ3n) is 3.57. The number of benzene rings is 1. The molecular formula is C15H22ClN. The van der Waals surface area contributed by atoms with Crippen molar-refractivity contribution in [2.24, 2.45) is 0 Å². The normalized spacial score (nSPS) is 22.7. The van der Waals surface area contributed by atoms with Crippen molar-refractivity contribution < 1.29 is 0 Å². The molecule has 0 radical (unpaired) electrons. The highest BCUT2D eigenvalue weighted by Crippen LogP contribution is 2.25. The molecule has 1 nitrogen and oxygen atoms in total. The summed E-state index contributed by atoms with van der Waals surface area (Å²) in [6, 6.07) is 9.58. The molecule has 1 aliphatic heterocycles. The maximum absolute atomic E-state index is 6.16. The van der Waals surface area contributed by atoms with Crippen molar-refractivity contribution in [3.8, 4) is 0 Å². The molecule has 1 N–H and O–H groups in total. The summed E-state index contributed by atoms with van der Waals surface area (Å²) in [6.07, 6.45) is 7.86. The van der Waals surface area contributed by atoms with Crippen LogP contribution in [0.25, 0.3) is 0 Å². The van der Waals surface area contributed by atoms with Gasteiger partial charge in [-0.25, -0.2) is 0 Å². The summed E-state index contributed by atoms with van der Waals surface area (Å²) >= 11 is 6.16. The van der Waals surface area contributed by atoms with Gasteiger partial charge in [-0.2, -0.15) is 0 Å². The Morgan fingerprint density at radius 1 is 1.12 bits per heavy atom. The second-order valence-corrected chi connectivity index (χ2v) is 5.43. The Morgan fingerprint density at radius 3 is 2.71 bits per heavy atom. The van der Waals surface area contributed by atoms with Gasteiger partial charge in [0, 0.05) is 17.1 Å². The van der Waals surface area contributed by atoms with E-state index in [4.69, 9.17) is 11.6 Å². The molecule has 0 spiro atoms. The summed E-state index contributed by atoms with van der Waals surface area (Å²) in [5, 5.41) is 4.47. The summed E-state index contributed by atoms with van der Waals surface area (Å²) in [5.74, 6) is 0. The maximum atomic E-state index is 6.16. The second-order valence-electron chi connectivity index (χ2n) is 5.02. The summed E-state index contributed by atoms with van der Waals surface area (Å²) in [6.45, 7) is 2.26. The van der Waals surface area contributed by atoms with Crippen molar-refractivity contribution >= 4 is 11.6 Å². The Bertz CT molecular complexity index is 351. The molecule has 2 heteroatoms. The maximum Gasteiger partial charge on any atom is 0.0438 e. The number of unbranched alkanes of at least 4 members (excludes halogenated alkanes) is 3. The van der Waals surface area contributed by atoms with Crippen LogP contribution in [0.15, 0.2) is 24.3 Å². The van der Waals surface area contributed by atoms with Crippen LogP contribution in [0.5, 0.6) is 0 Å². The van der Waals surface area contributed by atoms with E-state index >= 15 is 0 Å². The lowest BCUT2D eigenvalue weighted by Gasteiger charge is -2.02. The Balaban J connectivity index is 1.68. The third kappa shape index (κ3) is 4.01. The molecule has 0 aromatic heterocycles. The van der Waals surface area contributed by atoms with Gasteiger partial charge in [-0.05, 0) is 24.5 Å². The van der Waals surface area contributed by atoms with Gasteiger partial charge in [-0.15, -0.1) is 0 Å². The highest BCUT2D eigenvalue weighted by Gasteiger charge is 2.35. The molecule has 1 fully saturated rings. The largest absolute Gasteiger partial charge is 0.308 e. The van der Waals surface area contributed by atoms with Crippen LogP contribution >= 0.6 is 11.6 Å². The lowest BCUT2D eigenvalue weighted by atomic mass is 10.0. The van der Waals surface area contributed by atoms with E-state index < -0.39 is 0 Å². The lowest BCUT2D eigenvalue weighted by Crippen LogP contribution is -1.99. The molecule has 1 aromatic rings. The summed E-state index contributed by atoms with van der Waals surface area (Å²) in [4.78, 5) is 0. The topological polar surface area (TPSA) is 21.9 Å². The minimum absolute atomic E-state index is 0.663. The predicted octanol–water partition coefficient (Wildman–Crippen LogP) is 4.19. The molecule has 2 unspecified atom stereocenters. The SMILES string of the molecule is CCCCCCC1NC1Cc1ccccc1Cl. The molecule has 0 aliphatic carbocycles. The van der Waals surface area contributed by atoms with Gasteiger partial charge >= 0.3 is 0 Å². The van der Waals surface area contributed by atoms with Crippen molar-refractivity contribution in [2.45, 2.75) is 57.5 Å². The summed E-state index contributed by atoms with van der Waals surface area (Å²) in [7, 11) is 0. The molecule has 2 rings (SSSR count). The highest BCUT2D eigenvalue weighted by molar-refractivity contribution is 6.31. The van der Waals surface area contributed by atoms with Gasteiger partial charge in [-0.1, -0.05) is 62.4 Å². The van der Waals surface area contributed by atoms with E-state index in [0.717, 1.165) is 17.5 Å². The first-order valence-corrected chi connectivity index (χ1v) is 7.18. The van der Waals surface area contributed by atoms with Gasteiger partial charge in [-0.3, -0.25) is 0 Å². The molecule has 94 valence electrons. The third-order valence-corrected chi connectivity index (χ3v) is 3.94. The fraction of sp³-hybridized carbons (Fsp3) is 0.600. The summed E-state index contributed by atoms with van der Waals surface area (Å²) < 4.78 is 0. The second kappa shape index (κ2) is 6.42. The zero-order chi connectivity index (χ0) is 12.1. The van der Waals surface area contributed by atoms with Crippen molar-refractivity contribution in [3.63, 3.8) is 0 Å². The molecule has 0 amide bonds. The average molecular weight is 252 g/mol. The molecule has 1 aliphatic rings. The van der Waals surface area contributed by atoms with Gasteiger partial charge in [0.05, 0.1) is 0 Å². The molecule has 1 heterocycles. The van der Waals surface area contributed by atoms with E-state index in [-0.39, 0.29) is 0 Å². The van der Waals surface area contributed by atoms with Crippen LogP contribution in [0, 0.1) is 0 Å². The van der Waals surface area contributed by atoms with Crippen molar-refractivity contribution in [1.82, 2.24) is 5.32 Å². The molecule has 2 atom stereocenters. The number of halogens is 1. The van der Waals surface area contributed by atoms with Crippen LogP contribution in [0.1, 0.15) is 44.6 Å². The molecule has 0 bridgehead atoms. The van der Waals surface area contributed by atoms with E-state index in [0.29, 0.717) is 6.04 Å². The van der Waals surface area contributed by atoms with E-state index in [2.05, 4.69) is 24.4 Å². The fourth-order valence-electron chi connectivity index (χ4n) is 2.40. The van der Waals surface area contributed by atoms with Crippen molar-refractivity contribution in [1.29, 1.82) is 0 Å². The van der Waals surface area contributed by atoms with Crippen LogP contribution in [0.4, 0.5) is 0 Å². The lowest BCUT2D eigenvalue weighted by molar-refractivity contribution is 0.620. The highest BCUT2D eigenvalue weighted by atomic mass is 35.5. The average Bonchev–Trinajstić information content (AvgIpc) is 3.06. The first-order valence-electron chi connectivity index (χ1n) is 6.80. The van der Waals surface area contributed by atoms with E-state index in [1.165, 1.54) is 37.7 Å². The van der Waals surface area contributed by atoms with Gasteiger partial charge < -0.3 is 5.32 Å². The molecule has 17 heavy (non-hydrogen) atoms. The zero-order valence-electron chi connectivity index (χ0n) is 10.6. The standard InChI is InChI=1S/C15H22ClN/c1-2-3-4-5-10-14-15(17-14)11-12-8-6-7-9-13(12)16/h6-9,14-15,17H,2-5,10-11H2,1H3. The monoisotopic (exact) mass is 251 g/mol. The Labute approximate surface area is 110 Å². The Kier molecular flexibility index (Phi) is 4.87. The van der Waals surface area contributed by atoms with Crippen LogP contribution in [-0.4, -0.2) is 12.1 Å². The number of rotatable bonds is 7. The quantitative estimate of drug-likeness (QED) is 0.570. The zero-order valence-corrected chi connectivity index (χ0v) is 11.3. The Morgan fingerprint density at radius 2 is 1.94 bits per heavy atom. The fourth-order valence-corrected chi connectivity index (χ4v) is 2.61. The van der Waals surface area contributed by atoms with Gasteiger partial charge in [0.2, 0.25) is 0 Å².